The van der Waals surface area contributed by atoms with E-state index >= 15 is 0 Å². The first-order valence-electron chi connectivity index (χ1n) is 13.9. The van der Waals surface area contributed by atoms with Gasteiger partial charge in [-0.2, -0.15) is 0 Å². The summed E-state index contributed by atoms with van der Waals surface area (Å²) in [6.45, 7) is 4.94. The van der Waals surface area contributed by atoms with E-state index in [1.165, 1.54) is 29.2 Å². The second-order valence-corrected chi connectivity index (χ2v) is 11.5. The summed E-state index contributed by atoms with van der Waals surface area (Å²) in [6, 6.07) is 18.0. The third-order valence-corrected chi connectivity index (χ3v) is 8.24. The van der Waals surface area contributed by atoms with Crippen LogP contribution in [0.4, 0.5) is 0 Å². The molecular formula is C33H31BrN2O7S. The number of aromatic nitrogens is 1. The normalized spacial score (nSPS) is 14.2. The SMILES string of the molecule is CCOc1ccc([C@@H]2C(C(=O)OC)=CN=c3s/c(=C/c4cc(Br)cc(OC)c4OCc4ccccc4)c(=O)n32)cc1OCC. The summed E-state index contributed by atoms with van der Waals surface area (Å²) in [6.07, 6.45) is 3.21. The Morgan fingerprint density at radius 2 is 1.73 bits per heavy atom. The zero-order valence-electron chi connectivity index (χ0n) is 24.7. The summed E-state index contributed by atoms with van der Waals surface area (Å²) >= 11 is 4.75. The van der Waals surface area contributed by atoms with Gasteiger partial charge in [0, 0.05) is 16.2 Å². The van der Waals surface area contributed by atoms with E-state index < -0.39 is 12.0 Å². The van der Waals surface area contributed by atoms with Crippen molar-refractivity contribution in [2.75, 3.05) is 27.4 Å². The minimum atomic E-state index is -0.804. The molecule has 5 rings (SSSR count). The van der Waals surface area contributed by atoms with Gasteiger partial charge in [-0.1, -0.05) is 63.7 Å². The minimum absolute atomic E-state index is 0.217. The maximum Gasteiger partial charge on any atom is 0.337 e. The van der Waals surface area contributed by atoms with Crippen molar-refractivity contribution >= 4 is 39.3 Å². The molecule has 0 radical (unpaired) electrons. The highest BCUT2D eigenvalue weighted by Crippen LogP contribution is 2.37. The van der Waals surface area contributed by atoms with Gasteiger partial charge in [0.15, 0.2) is 27.8 Å². The Morgan fingerprint density at radius 1 is 0.977 bits per heavy atom. The number of carbonyl (C=O) groups excluding carboxylic acids is 1. The molecule has 1 aromatic heterocycles. The zero-order chi connectivity index (χ0) is 31.2. The van der Waals surface area contributed by atoms with Gasteiger partial charge < -0.3 is 23.7 Å². The average Bonchev–Trinajstić information content (AvgIpc) is 3.35. The number of hydrogen-bond acceptors (Lipinski definition) is 9. The van der Waals surface area contributed by atoms with Crippen molar-refractivity contribution in [1.29, 1.82) is 0 Å². The predicted molar refractivity (Wildman–Crippen MR) is 171 cm³/mol. The topological polar surface area (TPSA) is 97.6 Å². The standard InChI is InChI=1S/C33H31BrN2O7S/c1-5-41-25-13-12-21(15-26(25)42-6-2)29-24(32(38)40-4)18-35-33-36(29)31(37)28(44-33)16-22-14-23(34)17-27(39-3)30(22)43-19-20-10-8-7-9-11-20/h7-18,29H,5-6,19H2,1-4H3/b28-16+/t29-/m1/s1. The van der Waals surface area contributed by atoms with Crippen LogP contribution in [-0.2, 0) is 16.1 Å². The summed E-state index contributed by atoms with van der Waals surface area (Å²) in [5, 5.41) is 0. The van der Waals surface area contributed by atoms with E-state index in [0.717, 1.165) is 10.0 Å². The number of rotatable bonds is 11. The molecule has 3 aromatic carbocycles. The van der Waals surface area contributed by atoms with Crippen molar-refractivity contribution < 1.29 is 28.5 Å². The maximum absolute atomic E-state index is 14.1. The Kier molecular flexibility index (Phi) is 9.86. The van der Waals surface area contributed by atoms with Gasteiger partial charge in [0.05, 0.1) is 43.6 Å². The maximum atomic E-state index is 14.1. The van der Waals surface area contributed by atoms with Crippen molar-refractivity contribution in [2.24, 2.45) is 4.99 Å². The van der Waals surface area contributed by atoms with Gasteiger partial charge in [-0.05, 0) is 55.3 Å². The van der Waals surface area contributed by atoms with Crippen LogP contribution in [0.3, 0.4) is 0 Å². The zero-order valence-corrected chi connectivity index (χ0v) is 27.1. The monoisotopic (exact) mass is 678 g/mol. The molecule has 0 fully saturated rings. The van der Waals surface area contributed by atoms with Crippen molar-refractivity contribution in [3.05, 3.63) is 113 Å². The Morgan fingerprint density at radius 3 is 2.43 bits per heavy atom. The first-order chi connectivity index (χ1) is 21.4. The second kappa shape index (κ2) is 14.0. The van der Waals surface area contributed by atoms with Crippen molar-refractivity contribution in [3.63, 3.8) is 0 Å². The largest absolute Gasteiger partial charge is 0.493 e. The molecule has 44 heavy (non-hydrogen) atoms. The van der Waals surface area contributed by atoms with Crippen LogP contribution in [0.25, 0.3) is 6.08 Å². The molecule has 0 spiro atoms. The molecule has 1 aliphatic heterocycles. The molecule has 0 aliphatic carbocycles. The average molecular weight is 680 g/mol. The molecule has 0 N–H and O–H groups in total. The predicted octanol–water partition coefficient (Wildman–Crippen LogP) is 5.17. The van der Waals surface area contributed by atoms with Gasteiger partial charge in [0.25, 0.3) is 5.56 Å². The molecule has 11 heteroatoms. The number of nitrogens with zero attached hydrogens (tertiary/aromatic N) is 2. The molecule has 228 valence electrons. The molecule has 0 saturated carbocycles. The van der Waals surface area contributed by atoms with E-state index in [-0.39, 0.29) is 11.1 Å². The van der Waals surface area contributed by atoms with Gasteiger partial charge in [-0.3, -0.25) is 9.36 Å². The number of ether oxygens (including phenoxy) is 5. The second-order valence-electron chi connectivity index (χ2n) is 9.55. The molecule has 0 amide bonds. The Hall–Kier alpha value is -4.35. The highest BCUT2D eigenvalue weighted by molar-refractivity contribution is 9.10. The Balaban J connectivity index is 1.65. The van der Waals surface area contributed by atoms with Crippen molar-refractivity contribution in [2.45, 2.75) is 26.5 Å². The van der Waals surface area contributed by atoms with Crippen molar-refractivity contribution in [3.8, 4) is 23.0 Å². The fourth-order valence-corrected chi connectivity index (χ4v) is 6.28. The first kappa shape index (κ1) is 31.1. The van der Waals surface area contributed by atoms with Crippen LogP contribution in [0.2, 0.25) is 0 Å². The molecule has 0 saturated heterocycles. The molecule has 9 nitrogen and oxygen atoms in total. The van der Waals surface area contributed by atoms with Crippen LogP contribution in [-0.4, -0.2) is 38.0 Å². The van der Waals surface area contributed by atoms with Crippen LogP contribution < -0.4 is 33.8 Å². The number of thiazole rings is 1. The molecule has 2 heterocycles. The molecule has 0 unspecified atom stereocenters. The quantitative estimate of drug-likeness (QED) is 0.202. The van der Waals surface area contributed by atoms with Gasteiger partial charge in [0.2, 0.25) is 0 Å². The van der Waals surface area contributed by atoms with Gasteiger partial charge in [-0.15, -0.1) is 0 Å². The molecule has 1 aliphatic rings. The van der Waals surface area contributed by atoms with Gasteiger partial charge >= 0.3 is 5.97 Å². The Labute approximate surface area is 266 Å². The van der Waals surface area contributed by atoms with Crippen LogP contribution in [0.5, 0.6) is 23.0 Å². The highest BCUT2D eigenvalue weighted by Gasteiger charge is 2.31. The lowest BCUT2D eigenvalue weighted by molar-refractivity contribution is -0.136. The number of carbonyl (C=O) groups is 1. The lowest BCUT2D eigenvalue weighted by Gasteiger charge is -2.23. The van der Waals surface area contributed by atoms with Crippen LogP contribution >= 0.6 is 27.3 Å². The van der Waals surface area contributed by atoms with E-state index in [2.05, 4.69) is 20.9 Å². The summed E-state index contributed by atoms with van der Waals surface area (Å²) in [7, 11) is 2.86. The number of esters is 1. The summed E-state index contributed by atoms with van der Waals surface area (Å²) in [5.41, 5.74) is 2.16. The van der Waals surface area contributed by atoms with E-state index in [0.29, 0.717) is 63.3 Å². The molecule has 0 bridgehead atoms. The summed E-state index contributed by atoms with van der Waals surface area (Å²) in [4.78, 5) is 32.0. The molecule has 4 aromatic rings. The van der Waals surface area contributed by atoms with Crippen molar-refractivity contribution in [1.82, 2.24) is 4.57 Å². The fourth-order valence-electron chi connectivity index (χ4n) is 4.86. The van der Waals surface area contributed by atoms with E-state index in [1.807, 2.05) is 62.4 Å². The number of hydrogen-bond donors (Lipinski definition) is 0. The number of fused-ring (bicyclic) bond motifs is 1. The number of halogens is 1. The van der Waals surface area contributed by atoms with Gasteiger partial charge in [0.1, 0.15) is 6.61 Å². The third-order valence-electron chi connectivity index (χ3n) is 6.79. The summed E-state index contributed by atoms with van der Waals surface area (Å²) in [5.74, 6) is 1.49. The van der Waals surface area contributed by atoms with Crippen LogP contribution in [0.1, 0.15) is 36.6 Å². The molecule has 1 atom stereocenters. The lowest BCUT2D eigenvalue weighted by Crippen LogP contribution is -2.39. The van der Waals surface area contributed by atoms with E-state index in [1.54, 1.807) is 25.3 Å². The third kappa shape index (κ3) is 6.44. The van der Waals surface area contributed by atoms with Crippen LogP contribution in [0.15, 0.2) is 86.7 Å². The van der Waals surface area contributed by atoms with E-state index in [9.17, 15) is 9.59 Å². The van der Waals surface area contributed by atoms with E-state index in [4.69, 9.17) is 23.7 Å². The van der Waals surface area contributed by atoms with Gasteiger partial charge in [-0.25, -0.2) is 9.79 Å². The Bertz CT molecular complexity index is 1880. The fraction of sp³-hybridized carbons (Fsp3) is 0.242. The summed E-state index contributed by atoms with van der Waals surface area (Å²) < 4.78 is 31.2. The molecular weight excluding hydrogens is 648 g/mol. The number of benzene rings is 3. The minimum Gasteiger partial charge on any atom is -0.493 e. The smallest absolute Gasteiger partial charge is 0.337 e. The first-order valence-corrected chi connectivity index (χ1v) is 15.5. The van der Waals surface area contributed by atoms with Crippen LogP contribution in [0, 0.1) is 0 Å². The lowest BCUT2D eigenvalue weighted by atomic mass is 9.97. The highest BCUT2D eigenvalue weighted by atomic mass is 79.9. The number of methoxy groups -OCH3 is 2.